The van der Waals surface area contributed by atoms with Gasteiger partial charge in [-0.3, -0.25) is 4.79 Å². The highest BCUT2D eigenvalue weighted by Gasteiger charge is 2.40. The minimum Gasteiger partial charge on any atom is -0.345 e. The molecule has 1 amide bonds. The Morgan fingerprint density at radius 1 is 1.12 bits per heavy atom. The number of amides is 1. The summed E-state index contributed by atoms with van der Waals surface area (Å²) >= 11 is 0. The van der Waals surface area contributed by atoms with Crippen molar-refractivity contribution in [1.29, 1.82) is 0 Å². The average molecular weight is 336 g/mol. The summed E-state index contributed by atoms with van der Waals surface area (Å²) in [7, 11) is 0. The minimum absolute atomic E-state index is 0.0252. The van der Waals surface area contributed by atoms with E-state index >= 15 is 0 Å². The third-order valence-electron chi connectivity index (χ3n) is 4.74. The number of carbonyl (C=O) groups is 1. The van der Waals surface area contributed by atoms with Crippen LogP contribution in [-0.2, 0) is 11.3 Å². The lowest BCUT2D eigenvalue weighted by Crippen LogP contribution is -2.31. The summed E-state index contributed by atoms with van der Waals surface area (Å²) in [5.41, 5.74) is 1.19. The summed E-state index contributed by atoms with van der Waals surface area (Å²) in [6, 6.07) is 14.1. The number of benzene rings is 1. The van der Waals surface area contributed by atoms with Crippen LogP contribution >= 0.6 is 0 Å². The Balaban J connectivity index is 1.59. The Labute approximate surface area is 146 Å². The maximum atomic E-state index is 12.7. The van der Waals surface area contributed by atoms with Gasteiger partial charge in [0.05, 0.1) is 5.92 Å². The van der Waals surface area contributed by atoms with Gasteiger partial charge in [0.25, 0.3) is 0 Å². The summed E-state index contributed by atoms with van der Waals surface area (Å²) in [6.45, 7) is 3.43. The quantitative estimate of drug-likeness (QED) is 0.734. The third kappa shape index (κ3) is 3.20. The van der Waals surface area contributed by atoms with Crippen LogP contribution in [0.25, 0.3) is 0 Å². The van der Waals surface area contributed by atoms with Crippen LogP contribution in [0.1, 0.15) is 29.1 Å². The van der Waals surface area contributed by atoms with Crippen molar-refractivity contribution in [3.63, 3.8) is 0 Å². The van der Waals surface area contributed by atoms with Crippen molar-refractivity contribution in [2.75, 3.05) is 13.1 Å². The molecule has 0 N–H and O–H groups in total. The fraction of sp³-hybridized carbons (Fsp3) is 0.316. The first-order valence-electron chi connectivity index (χ1n) is 8.44. The van der Waals surface area contributed by atoms with Gasteiger partial charge in [-0.15, -0.1) is 0 Å². The normalized spacial score (nSPS) is 20.1. The van der Waals surface area contributed by atoms with Gasteiger partial charge in [0.15, 0.2) is 5.82 Å². The van der Waals surface area contributed by atoms with Gasteiger partial charge < -0.3 is 14.0 Å². The smallest absolute Gasteiger partial charge is 0.242 e. The molecule has 2 atom stereocenters. The molecular formula is C19H20N4O2. The van der Waals surface area contributed by atoms with Crippen LogP contribution in [0.4, 0.5) is 0 Å². The van der Waals surface area contributed by atoms with Crippen LogP contribution in [0.3, 0.4) is 0 Å². The van der Waals surface area contributed by atoms with Gasteiger partial charge in [-0.05, 0) is 24.6 Å². The van der Waals surface area contributed by atoms with E-state index in [9.17, 15) is 4.79 Å². The molecule has 6 nitrogen and oxygen atoms in total. The third-order valence-corrected chi connectivity index (χ3v) is 4.74. The van der Waals surface area contributed by atoms with Gasteiger partial charge in [0, 0.05) is 31.4 Å². The summed E-state index contributed by atoms with van der Waals surface area (Å²) in [6.07, 6.45) is 3.81. The van der Waals surface area contributed by atoms with Crippen molar-refractivity contribution in [2.45, 2.75) is 25.3 Å². The highest BCUT2D eigenvalue weighted by atomic mass is 16.5. The van der Waals surface area contributed by atoms with E-state index in [0.29, 0.717) is 31.3 Å². The molecule has 4 rings (SSSR count). The van der Waals surface area contributed by atoms with Gasteiger partial charge in [-0.1, -0.05) is 35.5 Å². The van der Waals surface area contributed by atoms with Gasteiger partial charge in [-0.25, -0.2) is 0 Å². The van der Waals surface area contributed by atoms with Gasteiger partial charge in [-0.2, -0.15) is 4.98 Å². The Morgan fingerprint density at radius 3 is 2.52 bits per heavy atom. The summed E-state index contributed by atoms with van der Waals surface area (Å²) in [4.78, 5) is 19.0. The minimum atomic E-state index is 0.0252. The molecule has 0 aliphatic carbocycles. The molecule has 0 spiro atoms. The van der Waals surface area contributed by atoms with Gasteiger partial charge in [0.1, 0.15) is 6.54 Å². The zero-order valence-electron chi connectivity index (χ0n) is 14.1. The molecule has 1 aliphatic heterocycles. The van der Waals surface area contributed by atoms with E-state index < -0.39 is 0 Å². The molecule has 3 heterocycles. The largest absolute Gasteiger partial charge is 0.345 e. The van der Waals surface area contributed by atoms with E-state index in [1.165, 1.54) is 5.56 Å². The fourth-order valence-corrected chi connectivity index (χ4v) is 3.49. The topological polar surface area (TPSA) is 64.2 Å². The fourth-order valence-electron chi connectivity index (χ4n) is 3.49. The van der Waals surface area contributed by atoms with Crippen LogP contribution in [0.15, 0.2) is 59.4 Å². The summed E-state index contributed by atoms with van der Waals surface area (Å²) in [5.74, 6) is 1.53. The van der Waals surface area contributed by atoms with Crippen molar-refractivity contribution >= 4 is 5.91 Å². The monoisotopic (exact) mass is 336 g/mol. The number of hydrogen-bond donors (Lipinski definition) is 0. The molecule has 1 aromatic carbocycles. The molecule has 0 radical (unpaired) electrons. The van der Waals surface area contributed by atoms with E-state index in [1.54, 1.807) is 0 Å². The molecule has 128 valence electrons. The van der Waals surface area contributed by atoms with Gasteiger partial charge >= 0.3 is 0 Å². The number of aromatic nitrogens is 3. The second-order valence-corrected chi connectivity index (χ2v) is 6.46. The first-order valence-corrected chi connectivity index (χ1v) is 8.44. The molecule has 1 saturated heterocycles. The second-order valence-electron chi connectivity index (χ2n) is 6.46. The Bertz CT molecular complexity index is 841. The Morgan fingerprint density at radius 2 is 1.84 bits per heavy atom. The first kappa shape index (κ1) is 15.6. The molecule has 1 fully saturated rings. The highest BCUT2D eigenvalue weighted by molar-refractivity contribution is 5.76. The van der Waals surface area contributed by atoms with Crippen molar-refractivity contribution in [3.8, 4) is 0 Å². The van der Waals surface area contributed by atoms with Crippen molar-refractivity contribution in [1.82, 2.24) is 19.6 Å². The number of likely N-dealkylation sites (tertiary alicyclic amines) is 1. The molecule has 25 heavy (non-hydrogen) atoms. The first-order chi connectivity index (χ1) is 12.2. The maximum absolute atomic E-state index is 12.7. The number of nitrogens with zero attached hydrogens (tertiary/aromatic N) is 4. The maximum Gasteiger partial charge on any atom is 0.242 e. The van der Waals surface area contributed by atoms with Crippen molar-refractivity contribution in [2.24, 2.45) is 0 Å². The SMILES string of the molecule is Cc1noc(C2CN(C(=O)Cn3cccc3)CC2c2ccccc2)n1. The van der Waals surface area contributed by atoms with Crippen molar-refractivity contribution in [3.05, 3.63) is 72.1 Å². The molecule has 3 aromatic rings. The van der Waals surface area contributed by atoms with Crippen LogP contribution in [0.2, 0.25) is 0 Å². The standard InChI is InChI=1S/C19H20N4O2/c1-14-20-19(25-21-14)17-12-23(18(24)13-22-9-5-6-10-22)11-16(17)15-7-3-2-4-8-15/h2-10,16-17H,11-13H2,1H3. The van der Waals surface area contributed by atoms with Crippen LogP contribution in [0.5, 0.6) is 0 Å². The highest BCUT2D eigenvalue weighted by Crippen LogP contribution is 2.39. The molecule has 1 aliphatic rings. The number of carbonyl (C=O) groups excluding carboxylic acids is 1. The van der Waals surface area contributed by atoms with E-state index in [1.807, 2.05) is 59.1 Å². The average Bonchev–Trinajstić information content (AvgIpc) is 3.35. The predicted octanol–water partition coefficient (Wildman–Crippen LogP) is 2.59. The van der Waals surface area contributed by atoms with E-state index in [-0.39, 0.29) is 17.7 Å². The lowest BCUT2D eigenvalue weighted by Gasteiger charge is -2.17. The summed E-state index contributed by atoms with van der Waals surface area (Å²) < 4.78 is 7.32. The van der Waals surface area contributed by atoms with E-state index in [2.05, 4.69) is 22.3 Å². The van der Waals surface area contributed by atoms with Crippen molar-refractivity contribution < 1.29 is 9.32 Å². The molecular weight excluding hydrogens is 316 g/mol. The van der Waals surface area contributed by atoms with Crippen LogP contribution in [-0.4, -0.2) is 38.6 Å². The number of rotatable bonds is 4. The number of hydrogen-bond acceptors (Lipinski definition) is 4. The second kappa shape index (κ2) is 6.55. The number of aryl methyl sites for hydroxylation is 1. The molecule has 0 saturated carbocycles. The Hall–Kier alpha value is -2.89. The lowest BCUT2D eigenvalue weighted by atomic mass is 9.89. The van der Waals surface area contributed by atoms with E-state index in [4.69, 9.17) is 4.52 Å². The molecule has 2 aromatic heterocycles. The Kier molecular flexibility index (Phi) is 4.09. The predicted molar refractivity (Wildman–Crippen MR) is 92.0 cm³/mol. The summed E-state index contributed by atoms with van der Waals surface area (Å²) in [5, 5.41) is 3.93. The lowest BCUT2D eigenvalue weighted by molar-refractivity contribution is -0.130. The van der Waals surface area contributed by atoms with Gasteiger partial charge in [0.2, 0.25) is 11.8 Å². The van der Waals surface area contributed by atoms with E-state index in [0.717, 1.165) is 0 Å². The van der Waals surface area contributed by atoms with Crippen LogP contribution in [0, 0.1) is 6.92 Å². The molecule has 6 heteroatoms. The molecule has 2 unspecified atom stereocenters. The zero-order valence-corrected chi connectivity index (χ0v) is 14.1. The molecule has 0 bridgehead atoms. The van der Waals surface area contributed by atoms with Crippen LogP contribution < -0.4 is 0 Å². The zero-order chi connectivity index (χ0) is 17.2.